The number of thiazole rings is 1. The van der Waals surface area contributed by atoms with Gasteiger partial charge in [-0.05, 0) is 26.8 Å². The molecular weight excluding hydrogens is 248 g/mol. The Morgan fingerprint density at radius 1 is 1.50 bits per heavy atom. The maximum absolute atomic E-state index is 12.0. The molecule has 0 atom stereocenters. The van der Waals surface area contributed by atoms with Gasteiger partial charge in [-0.25, -0.2) is 4.79 Å². The average Bonchev–Trinajstić information content (AvgIpc) is 2.95. The molecule has 2 heterocycles. The lowest BCUT2D eigenvalue weighted by atomic mass is 10.2. The Balaban J connectivity index is 2.09. The molecule has 0 saturated heterocycles. The summed E-state index contributed by atoms with van der Waals surface area (Å²) in [7, 11) is 0. The van der Waals surface area contributed by atoms with Crippen LogP contribution in [0.15, 0.2) is 17.8 Å². The minimum atomic E-state index is -0.267. The first-order valence-corrected chi connectivity index (χ1v) is 6.72. The topological polar surface area (TPSA) is 44.1 Å². The van der Waals surface area contributed by atoms with Gasteiger partial charge in [0.1, 0.15) is 6.61 Å². The van der Waals surface area contributed by atoms with Crippen LogP contribution in [-0.4, -0.2) is 15.5 Å². The van der Waals surface area contributed by atoms with Crippen molar-refractivity contribution in [2.75, 3.05) is 0 Å². The number of ether oxygens (including phenoxy) is 1. The Morgan fingerprint density at radius 3 is 2.83 bits per heavy atom. The van der Waals surface area contributed by atoms with Crippen LogP contribution in [0.5, 0.6) is 0 Å². The summed E-state index contributed by atoms with van der Waals surface area (Å²) in [5.74, 6) is -0.267. The van der Waals surface area contributed by atoms with Crippen molar-refractivity contribution in [2.24, 2.45) is 0 Å². The van der Waals surface area contributed by atoms with Crippen LogP contribution in [0.4, 0.5) is 0 Å². The first kappa shape index (κ1) is 12.8. The number of hydrogen-bond acceptors (Lipinski definition) is 4. The molecule has 0 aliphatic carbocycles. The van der Waals surface area contributed by atoms with Gasteiger partial charge in [-0.2, -0.15) is 0 Å². The standard InChI is InChI=1S/C13H16N2O2S/c1-4-15-9(2)5-12(10(15)3)13(16)17-7-11-6-14-8-18-11/h5-6,8H,4,7H2,1-3H3. The van der Waals surface area contributed by atoms with E-state index in [0.29, 0.717) is 12.2 Å². The fourth-order valence-electron chi connectivity index (χ4n) is 2.02. The molecule has 0 bridgehead atoms. The maximum Gasteiger partial charge on any atom is 0.340 e. The molecule has 18 heavy (non-hydrogen) atoms. The molecule has 2 rings (SSSR count). The highest BCUT2D eigenvalue weighted by Gasteiger charge is 2.16. The molecule has 0 aliphatic heterocycles. The Bertz CT molecular complexity index is 544. The van der Waals surface area contributed by atoms with Crippen molar-refractivity contribution in [2.45, 2.75) is 33.9 Å². The van der Waals surface area contributed by atoms with E-state index in [2.05, 4.69) is 16.5 Å². The van der Waals surface area contributed by atoms with Crippen LogP contribution >= 0.6 is 11.3 Å². The molecule has 0 aliphatic rings. The Morgan fingerprint density at radius 2 is 2.28 bits per heavy atom. The zero-order chi connectivity index (χ0) is 13.1. The number of carbonyl (C=O) groups is 1. The molecule has 2 aromatic heterocycles. The number of aryl methyl sites for hydroxylation is 1. The summed E-state index contributed by atoms with van der Waals surface area (Å²) < 4.78 is 7.38. The van der Waals surface area contributed by atoms with Gasteiger partial charge in [-0.15, -0.1) is 11.3 Å². The van der Waals surface area contributed by atoms with Crippen LogP contribution < -0.4 is 0 Å². The molecule has 2 aromatic rings. The van der Waals surface area contributed by atoms with Gasteiger partial charge in [-0.3, -0.25) is 4.98 Å². The smallest absolute Gasteiger partial charge is 0.340 e. The third-order valence-electron chi connectivity index (χ3n) is 2.94. The third-order valence-corrected chi connectivity index (χ3v) is 3.69. The zero-order valence-corrected chi connectivity index (χ0v) is 11.6. The van der Waals surface area contributed by atoms with Crippen LogP contribution in [-0.2, 0) is 17.9 Å². The fraction of sp³-hybridized carbons (Fsp3) is 0.385. The van der Waals surface area contributed by atoms with Crippen LogP contribution in [0.25, 0.3) is 0 Å². The maximum atomic E-state index is 12.0. The molecule has 0 amide bonds. The summed E-state index contributed by atoms with van der Waals surface area (Å²) >= 11 is 1.48. The molecule has 0 spiro atoms. The van der Waals surface area contributed by atoms with Gasteiger partial charge < -0.3 is 9.30 Å². The Kier molecular flexibility index (Phi) is 3.81. The second kappa shape index (κ2) is 5.35. The number of rotatable bonds is 4. The molecule has 0 unspecified atom stereocenters. The predicted octanol–water partition coefficient (Wildman–Crippen LogP) is 2.94. The van der Waals surface area contributed by atoms with Crippen molar-refractivity contribution in [3.63, 3.8) is 0 Å². The van der Waals surface area contributed by atoms with Crippen molar-refractivity contribution >= 4 is 17.3 Å². The Hall–Kier alpha value is -1.62. The van der Waals surface area contributed by atoms with Gasteiger partial charge in [0.2, 0.25) is 0 Å². The SMILES string of the molecule is CCn1c(C)cc(C(=O)OCc2cncs2)c1C. The molecule has 5 heteroatoms. The minimum absolute atomic E-state index is 0.267. The molecule has 0 N–H and O–H groups in total. The van der Waals surface area contributed by atoms with E-state index in [1.807, 2.05) is 19.9 Å². The van der Waals surface area contributed by atoms with Gasteiger partial charge in [0.25, 0.3) is 0 Å². The van der Waals surface area contributed by atoms with Crippen molar-refractivity contribution in [1.82, 2.24) is 9.55 Å². The summed E-state index contributed by atoms with van der Waals surface area (Å²) in [6, 6.07) is 1.88. The summed E-state index contributed by atoms with van der Waals surface area (Å²) in [5, 5.41) is 0. The van der Waals surface area contributed by atoms with E-state index in [9.17, 15) is 4.79 Å². The highest BCUT2D eigenvalue weighted by Crippen LogP contribution is 2.17. The van der Waals surface area contributed by atoms with Crippen molar-refractivity contribution in [3.05, 3.63) is 39.6 Å². The van der Waals surface area contributed by atoms with E-state index < -0.39 is 0 Å². The lowest BCUT2D eigenvalue weighted by Crippen LogP contribution is -2.07. The zero-order valence-electron chi connectivity index (χ0n) is 10.8. The van der Waals surface area contributed by atoms with Crippen molar-refractivity contribution in [3.8, 4) is 0 Å². The van der Waals surface area contributed by atoms with E-state index in [4.69, 9.17) is 4.74 Å². The first-order valence-electron chi connectivity index (χ1n) is 5.84. The largest absolute Gasteiger partial charge is 0.456 e. The van der Waals surface area contributed by atoms with E-state index in [0.717, 1.165) is 22.8 Å². The third kappa shape index (κ3) is 2.46. The second-order valence-corrected chi connectivity index (χ2v) is 5.04. The van der Waals surface area contributed by atoms with Gasteiger partial charge in [0.15, 0.2) is 0 Å². The normalized spacial score (nSPS) is 10.6. The lowest BCUT2D eigenvalue weighted by Gasteiger charge is -2.06. The van der Waals surface area contributed by atoms with Gasteiger partial charge in [0.05, 0.1) is 16.0 Å². The summed E-state index contributed by atoms with van der Waals surface area (Å²) in [5.41, 5.74) is 4.43. The molecule has 0 aromatic carbocycles. The number of hydrogen-bond donors (Lipinski definition) is 0. The fourth-order valence-corrected chi connectivity index (χ4v) is 2.53. The minimum Gasteiger partial charge on any atom is -0.456 e. The van der Waals surface area contributed by atoms with Gasteiger partial charge in [0, 0.05) is 24.1 Å². The van der Waals surface area contributed by atoms with Crippen LogP contribution in [0.3, 0.4) is 0 Å². The molecule has 4 nitrogen and oxygen atoms in total. The number of esters is 1. The van der Waals surface area contributed by atoms with Gasteiger partial charge >= 0.3 is 5.97 Å². The van der Waals surface area contributed by atoms with Crippen LogP contribution in [0.1, 0.15) is 33.5 Å². The second-order valence-electron chi connectivity index (χ2n) is 4.07. The quantitative estimate of drug-likeness (QED) is 0.797. The molecule has 0 radical (unpaired) electrons. The van der Waals surface area contributed by atoms with Crippen LogP contribution in [0.2, 0.25) is 0 Å². The number of carbonyl (C=O) groups excluding carboxylic acids is 1. The number of nitrogens with zero attached hydrogens (tertiary/aromatic N) is 2. The predicted molar refractivity (Wildman–Crippen MR) is 70.8 cm³/mol. The van der Waals surface area contributed by atoms with E-state index in [1.165, 1.54) is 11.3 Å². The van der Waals surface area contributed by atoms with E-state index >= 15 is 0 Å². The summed E-state index contributed by atoms with van der Waals surface area (Å²) in [4.78, 5) is 16.9. The highest BCUT2D eigenvalue weighted by molar-refractivity contribution is 7.09. The first-order chi connectivity index (χ1) is 8.63. The number of aromatic nitrogens is 2. The molecule has 96 valence electrons. The van der Waals surface area contributed by atoms with Crippen molar-refractivity contribution < 1.29 is 9.53 Å². The molecule has 0 saturated carbocycles. The van der Waals surface area contributed by atoms with Gasteiger partial charge in [-0.1, -0.05) is 0 Å². The van der Waals surface area contributed by atoms with E-state index in [-0.39, 0.29) is 5.97 Å². The Labute approximate surface area is 110 Å². The lowest BCUT2D eigenvalue weighted by molar-refractivity contribution is 0.0475. The summed E-state index contributed by atoms with van der Waals surface area (Å²) in [6.45, 7) is 7.15. The summed E-state index contributed by atoms with van der Waals surface area (Å²) in [6.07, 6.45) is 1.72. The van der Waals surface area contributed by atoms with Crippen molar-refractivity contribution in [1.29, 1.82) is 0 Å². The molecular formula is C13H16N2O2S. The van der Waals surface area contributed by atoms with Crippen LogP contribution in [0, 0.1) is 13.8 Å². The van der Waals surface area contributed by atoms with E-state index in [1.54, 1.807) is 11.7 Å². The monoisotopic (exact) mass is 264 g/mol. The highest BCUT2D eigenvalue weighted by atomic mass is 32.1. The average molecular weight is 264 g/mol. The molecule has 0 fully saturated rings.